The van der Waals surface area contributed by atoms with Gasteiger partial charge in [-0.3, -0.25) is 0 Å². The molecular formula is C16H15Cl2NO2Si. The predicted molar refractivity (Wildman–Crippen MR) is 89.4 cm³/mol. The van der Waals surface area contributed by atoms with Crippen LogP contribution in [0.3, 0.4) is 0 Å². The van der Waals surface area contributed by atoms with E-state index in [-0.39, 0.29) is 5.92 Å². The highest BCUT2D eigenvalue weighted by molar-refractivity contribution is 6.51. The van der Waals surface area contributed by atoms with Crippen LogP contribution in [0.15, 0.2) is 36.4 Å². The lowest BCUT2D eigenvalue weighted by Crippen LogP contribution is -2.32. The highest BCUT2D eigenvalue weighted by atomic mass is 35.5. The maximum atomic E-state index is 11.4. The Balaban J connectivity index is 2.13. The van der Waals surface area contributed by atoms with Crippen LogP contribution in [-0.2, 0) is 11.0 Å². The molecule has 3 rings (SSSR count). The van der Waals surface area contributed by atoms with Gasteiger partial charge in [-0.15, -0.1) is 0 Å². The minimum atomic E-state index is -2.69. The first-order valence-corrected chi connectivity index (χ1v) is 9.06. The summed E-state index contributed by atoms with van der Waals surface area (Å²) >= 11 is 12.5. The Morgan fingerprint density at radius 3 is 2.77 bits per heavy atom. The van der Waals surface area contributed by atoms with E-state index >= 15 is 0 Å². The Morgan fingerprint density at radius 1 is 1.27 bits per heavy atom. The molecule has 3 nitrogen and oxygen atoms in total. The van der Waals surface area contributed by atoms with Gasteiger partial charge in [0.2, 0.25) is 0 Å². The summed E-state index contributed by atoms with van der Waals surface area (Å²) in [6.45, 7) is 1.59. The van der Waals surface area contributed by atoms with Crippen LogP contribution in [0, 0.1) is 0 Å². The molecule has 1 aliphatic rings. The second kappa shape index (κ2) is 6.12. The molecule has 0 unspecified atom stereocenters. The molecule has 1 aliphatic heterocycles. The number of rotatable bonds is 2. The average Bonchev–Trinajstić information content (AvgIpc) is 2.47. The van der Waals surface area contributed by atoms with Crippen LogP contribution in [-0.4, -0.2) is 32.2 Å². The summed E-state index contributed by atoms with van der Waals surface area (Å²) in [7, 11) is -0.653. The van der Waals surface area contributed by atoms with Crippen molar-refractivity contribution in [3.05, 3.63) is 63.1 Å². The molecule has 114 valence electrons. The minimum absolute atomic E-state index is 0.0891. The molecule has 0 saturated carbocycles. The van der Waals surface area contributed by atoms with Crippen molar-refractivity contribution in [1.82, 2.24) is 4.90 Å². The van der Waals surface area contributed by atoms with E-state index in [9.17, 15) is 9.26 Å². The van der Waals surface area contributed by atoms with Crippen molar-refractivity contribution >= 4 is 37.3 Å². The number of halogens is 2. The molecular weight excluding hydrogens is 337 g/mol. The van der Waals surface area contributed by atoms with Gasteiger partial charge in [0.15, 0.2) is 0 Å². The molecule has 0 spiro atoms. The second-order valence-corrected chi connectivity index (χ2v) is 7.67. The van der Waals surface area contributed by atoms with Gasteiger partial charge in [-0.05, 0) is 41.9 Å². The van der Waals surface area contributed by atoms with Gasteiger partial charge < -0.3 is 14.2 Å². The van der Waals surface area contributed by atoms with Crippen molar-refractivity contribution in [2.45, 2.75) is 12.5 Å². The summed E-state index contributed by atoms with van der Waals surface area (Å²) in [5, 5.41) is 1.77. The van der Waals surface area contributed by atoms with Crippen molar-refractivity contribution in [1.29, 1.82) is 0 Å². The fraction of sp³-hybridized carbons (Fsp3) is 0.250. The van der Waals surface area contributed by atoms with E-state index < -0.39 is 8.93 Å². The predicted octanol–water partition coefficient (Wildman–Crippen LogP) is 2.69. The fourth-order valence-electron chi connectivity index (χ4n) is 3.02. The third-order valence-electron chi connectivity index (χ3n) is 4.03. The van der Waals surface area contributed by atoms with Crippen molar-refractivity contribution < 1.29 is 9.26 Å². The van der Waals surface area contributed by atoms with Gasteiger partial charge in [0, 0.05) is 34.2 Å². The summed E-state index contributed by atoms with van der Waals surface area (Å²) < 4.78 is 11.4. The smallest absolute Gasteiger partial charge is 0.537 e. The Labute approximate surface area is 140 Å². The number of hydrogen-bond acceptors (Lipinski definition) is 2. The lowest BCUT2D eigenvalue weighted by atomic mass is 9.85. The first kappa shape index (κ1) is 15.7. The molecule has 0 bridgehead atoms. The van der Waals surface area contributed by atoms with Gasteiger partial charge >= 0.3 is 8.93 Å². The van der Waals surface area contributed by atoms with Gasteiger partial charge in [-0.1, -0.05) is 41.4 Å². The third-order valence-corrected chi connectivity index (χ3v) is 5.39. The molecule has 0 radical (unpaired) electrons. The Kier molecular flexibility index (Phi) is 4.37. The maximum absolute atomic E-state index is 11.4. The van der Waals surface area contributed by atoms with E-state index in [0.29, 0.717) is 15.2 Å². The molecule has 6 heteroatoms. The number of nitrogens with zero attached hydrogens (tertiary/aromatic N) is 1. The summed E-state index contributed by atoms with van der Waals surface area (Å²) in [4.78, 5) is 11.6. The van der Waals surface area contributed by atoms with E-state index in [1.807, 2.05) is 31.3 Å². The number of fused-ring (bicyclic) bond motifs is 1. The minimum Gasteiger partial charge on any atom is -0.537 e. The van der Waals surface area contributed by atoms with Crippen LogP contribution in [0.5, 0.6) is 0 Å². The van der Waals surface area contributed by atoms with Gasteiger partial charge in [0.25, 0.3) is 0 Å². The van der Waals surface area contributed by atoms with Crippen LogP contribution in [0.1, 0.15) is 22.6 Å². The van der Waals surface area contributed by atoms with Gasteiger partial charge in [0.1, 0.15) is 0 Å². The monoisotopic (exact) mass is 351 g/mol. The fourth-order valence-corrected chi connectivity index (χ4v) is 4.12. The molecule has 1 heterocycles. The van der Waals surface area contributed by atoms with E-state index in [0.717, 1.165) is 29.8 Å². The zero-order chi connectivity index (χ0) is 15.9. The maximum Gasteiger partial charge on any atom is 0.537 e. The lowest BCUT2D eigenvalue weighted by molar-refractivity contribution is 0.295. The highest BCUT2D eigenvalue weighted by Gasteiger charge is 2.27. The first-order chi connectivity index (χ1) is 10.5. The topological polar surface area (TPSA) is 40.5 Å². The SMILES string of the molecule is CN1Cc2c(Cl)cc(Cl)cc2[C@H](c2cccc([Si](=O)O)c2)C1. The molecule has 0 aliphatic carbocycles. The van der Waals surface area contributed by atoms with Gasteiger partial charge in [-0.2, -0.15) is 0 Å². The number of likely N-dealkylation sites (N-methyl/N-ethyl adjacent to an activating group) is 1. The highest BCUT2D eigenvalue weighted by Crippen LogP contribution is 2.38. The standard InChI is InChI=1S/C16H15Cl2NO2Si/c1-19-8-14(10-3-2-4-12(5-10)22(20)21)13-6-11(17)7-16(18)15(13)9-19/h2-7,14,20H,8-9H2,1H3/t14-/m0/s1. The van der Waals surface area contributed by atoms with Crippen LogP contribution >= 0.6 is 23.2 Å². The van der Waals surface area contributed by atoms with E-state index in [1.54, 1.807) is 12.1 Å². The third kappa shape index (κ3) is 2.97. The van der Waals surface area contributed by atoms with Crippen molar-refractivity contribution in [3.63, 3.8) is 0 Å². The van der Waals surface area contributed by atoms with Gasteiger partial charge in [0.05, 0.1) is 0 Å². The molecule has 1 N–H and O–H groups in total. The van der Waals surface area contributed by atoms with E-state index in [2.05, 4.69) is 4.90 Å². The Bertz CT molecular complexity index is 751. The molecule has 0 amide bonds. The summed E-state index contributed by atoms with van der Waals surface area (Å²) in [5.74, 6) is 0.0891. The molecule has 0 saturated heterocycles. The first-order valence-electron chi connectivity index (χ1n) is 6.95. The van der Waals surface area contributed by atoms with Crippen molar-refractivity contribution in [2.24, 2.45) is 0 Å². The van der Waals surface area contributed by atoms with Crippen molar-refractivity contribution in [3.8, 4) is 0 Å². The summed E-state index contributed by atoms with van der Waals surface area (Å²) in [5.41, 5.74) is 3.19. The van der Waals surface area contributed by atoms with E-state index in [4.69, 9.17) is 23.2 Å². The zero-order valence-corrected chi connectivity index (χ0v) is 14.5. The molecule has 2 aromatic carbocycles. The molecule has 1 atom stereocenters. The average molecular weight is 352 g/mol. The van der Waals surface area contributed by atoms with Crippen molar-refractivity contribution in [2.75, 3.05) is 13.6 Å². The van der Waals surface area contributed by atoms with Crippen LogP contribution in [0.25, 0.3) is 0 Å². The molecule has 2 aromatic rings. The van der Waals surface area contributed by atoms with Crippen LogP contribution < -0.4 is 5.19 Å². The normalized spacial score (nSPS) is 18.0. The summed E-state index contributed by atoms with van der Waals surface area (Å²) in [6, 6.07) is 11.0. The molecule has 22 heavy (non-hydrogen) atoms. The second-order valence-electron chi connectivity index (χ2n) is 5.64. The molecule has 0 aromatic heterocycles. The van der Waals surface area contributed by atoms with Gasteiger partial charge in [-0.25, -0.2) is 0 Å². The zero-order valence-electron chi connectivity index (χ0n) is 12.0. The lowest BCUT2D eigenvalue weighted by Gasteiger charge is -2.33. The number of hydrogen-bond donors (Lipinski definition) is 1. The Morgan fingerprint density at radius 2 is 2.05 bits per heavy atom. The Hall–Kier alpha value is -1.20. The quantitative estimate of drug-likeness (QED) is 0.845. The molecule has 0 fully saturated rings. The number of benzene rings is 2. The largest absolute Gasteiger partial charge is 0.537 e. The van der Waals surface area contributed by atoms with Crippen LogP contribution in [0.4, 0.5) is 0 Å². The van der Waals surface area contributed by atoms with E-state index in [1.165, 1.54) is 0 Å². The van der Waals surface area contributed by atoms with Crippen LogP contribution in [0.2, 0.25) is 10.0 Å². The summed E-state index contributed by atoms with van der Waals surface area (Å²) in [6.07, 6.45) is 0.